The zero-order valence-corrected chi connectivity index (χ0v) is 17.9. The molecule has 0 atom stereocenters. The molecular weight excluding hydrogens is 394 g/mol. The van der Waals surface area contributed by atoms with E-state index < -0.39 is 0 Å². The van der Waals surface area contributed by atoms with Crippen molar-refractivity contribution in [2.45, 2.75) is 6.92 Å². The quantitative estimate of drug-likeness (QED) is 0.254. The van der Waals surface area contributed by atoms with Crippen molar-refractivity contribution in [3.63, 3.8) is 0 Å². The van der Waals surface area contributed by atoms with Gasteiger partial charge in [-0.25, -0.2) is 0 Å². The molecule has 0 bridgehead atoms. The van der Waals surface area contributed by atoms with Crippen molar-refractivity contribution < 1.29 is 0 Å². The van der Waals surface area contributed by atoms with Gasteiger partial charge in [-0.05, 0) is 42.6 Å². The molecular formula is C29H19NS. The van der Waals surface area contributed by atoms with E-state index in [1.165, 1.54) is 64.0 Å². The van der Waals surface area contributed by atoms with Crippen LogP contribution in [0.15, 0.2) is 97.1 Å². The first-order chi connectivity index (χ1) is 15.3. The van der Waals surface area contributed by atoms with Crippen molar-refractivity contribution in [1.82, 2.24) is 4.57 Å². The van der Waals surface area contributed by atoms with Crippen LogP contribution in [0, 0.1) is 6.92 Å². The number of benzene rings is 5. The summed E-state index contributed by atoms with van der Waals surface area (Å²) in [7, 11) is 0. The molecule has 0 aliphatic heterocycles. The van der Waals surface area contributed by atoms with Gasteiger partial charge in [0.25, 0.3) is 0 Å². The van der Waals surface area contributed by atoms with Gasteiger partial charge in [-0.15, -0.1) is 11.3 Å². The van der Waals surface area contributed by atoms with Gasteiger partial charge in [0, 0.05) is 42.0 Å². The average Bonchev–Trinajstić information content (AvgIpc) is 3.36. The molecule has 7 rings (SSSR count). The van der Waals surface area contributed by atoms with Crippen LogP contribution >= 0.6 is 11.3 Å². The molecule has 7 aromatic rings. The number of hydrogen-bond acceptors (Lipinski definition) is 1. The average molecular weight is 414 g/mol. The van der Waals surface area contributed by atoms with Crippen LogP contribution in [-0.4, -0.2) is 4.57 Å². The van der Waals surface area contributed by atoms with Gasteiger partial charge in [-0.1, -0.05) is 72.3 Å². The first-order valence-electron chi connectivity index (χ1n) is 10.6. The molecule has 0 amide bonds. The Kier molecular flexibility index (Phi) is 3.42. The number of aryl methyl sites for hydroxylation is 1. The molecule has 0 aliphatic rings. The highest BCUT2D eigenvalue weighted by atomic mass is 32.1. The predicted octanol–water partition coefficient (Wildman–Crippen LogP) is 8.61. The maximum absolute atomic E-state index is 2.47. The van der Waals surface area contributed by atoms with Gasteiger partial charge in [0.1, 0.15) is 0 Å². The molecule has 31 heavy (non-hydrogen) atoms. The van der Waals surface area contributed by atoms with Gasteiger partial charge in [0.2, 0.25) is 0 Å². The maximum Gasteiger partial charge on any atom is 0.0640 e. The van der Waals surface area contributed by atoms with Crippen molar-refractivity contribution in [2.75, 3.05) is 0 Å². The number of nitrogens with zero attached hydrogens (tertiary/aromatic N) is 1. The second kappa shape index (κ2) is 6.19. The molecule has 0 fully saturated rings. The Morgan fingerprint density at radius 2 is 1.32 bits per heavy atom. The standard InChI is InChI=1S/C29H19NS/c1-18-15-16-24-23(17-18)26-20-11-5-6-12-21(20)29-27(22-13-7-8-14-25(22)31-29)28(26)30(24)19-9-3-2-4-10-19/h2-17H,1H3. The van der Waals surface area contributed by atoms with Gasteiger partial charge in [0.05, 0.1) is 11.0 Å². The summed E-state index contributed by atoms with van der Waals surface area (Å²) in [5.41, 5.74) is 5.08. The molecule has 2 heteroatoms. The van der Waals surface area contributed by atoms with E-state index in [0.29, 0.717) is 0 Å². The third-order valence-electron chi connectivity index (χ3n) is 6.41. The van der Waals surface area contributed by atoms with E-state index in [-0.39, 0.29) is 0 Å². The third-order valence-corrected chi connectivity index (χ3v) is 7.61. The Bertz CT molecular complexity index is 1780. The van der Waals surface area contributed by atoms with E-state index in [1.807, 2.05) is 11.3 Å². The van der Waals surface area contributed by atoms with Gasteiger partial charge in [-0.2, -0.15) is 0 Å². The van der Waals surface area contributed by atoms with E-state index in [4.69, 9.17) is 0 Å². The van der Waals surface area contributed by atoms with Gasteiger partial charge in [0.15, 0.2) is 0 Å². The van der Waals surface area contributed by atoms with Gasteiger partial charge < -0.3 is 4.57 Å². The monoisotopic (exact) mass is 413 g/mol. The van der Waals surface area contributed by atoms with E-state index in [1.54, 1.807) is 0 Å². The zero-order valence-electron chi connectivity index (χ0n) is 17.1. The fourth-order valence-corrected chi connectivity index (χ4v) is 6.37. The molecule has 5 aromatic carbocycles. The molecule has 0 aliphatic carbocycles. The molecule has 2 aromatic heterocycles. The normalized spacial score (nSPS) is 12.0. The van der Waals surface area contributed by atoms with Crippen LogP contribution in [0.25, 0.3) is 58.4 Å². The van der Waals surface area contributed by atoms with E-state index in [0.717, 1.165) is 0 Å². The second-order valence-corrected chi connectivity index (χ2v) is 9.32. The lowest BCUT2D eigenvalue weighted by atomic mass is 9.99. The number of para-hydroxylation sites is 1. The van der Waals surface area contributed by atoms with Crippen LogP contribution in [-0.2, 0) is 0 Å². The smallest absolute Gasteiger partial charge is 0.0640 e. The predicted molar refractivity (Wildman–Crippen MR) is 136 cm³/mol. The molecule has 0 spiro atoms. The number of hydrogen-bond donors (Lipinski definition) is 0. The van der Waals surface area contributed by atoms with E-state index in [9.17, 15) is 0 Å². The molecule has 0 N–H and O–H groups in total. The first kappa shape index (κ1) is 17.1. The highest BCUT2D eigenvalue weighted by Gasteiger charge is 2.21. The van der Waals surface area contributed by atoms with Gasteiger partial charge in [-0.3, -0.25) is 0 Å². The maximum atomic E-state index is 2.47. The Morgan fingerprint density at radius 1 is 0.613 bits per heavy atom. The largest absolute Gasteiger partial charge is 0.309 e. The van der Waals surface area contributed by atoms with Crippen molar-refractivity contribution in [1.29, 1.82) is 0 Å². The lowest BCUT2D eigenvalue weighted by molar-refractivity contribution is 1.19. The van der Waals surface area contributed by atoms with Crippen LogP contribution in [0.2, 0.25) is 0 Å². The Hall–Kier alpha value is -3.62. The number of fused-ring (bicyclic) bond motifs is 10. The van der Waals surface area contributed by atoms with Crippen molar-refractivity contribution in [2.24, 2.45) is 0 Å². The topological polar surface area (TPSA) is 4.93 Å². The highest BCUT2D eigenvalue weighted by Crippen LogP contribution is 2.47. The lowest BCUT2D eigenvalue weighted by Crippen LogP contribution is -1.93. The Labute approximate surface area is 183 Å². The van der Waals surface area contributed by atoms with E-state index in [2.05, 4.69) is 109 Å². The number of thiophene rings is 1. The van der Waals surface area contributed by atoms with Crippen molar-refractivity contribution >= 4 is 64.1 Å². The van der Waals surface area contributed by atoms with Crippen LogP contribution < -0.4 is 0 Å². The first-order valence-corrected chi connectivity index (χ1v) is 11.4. The fourth-order valence-electron chi connectivity index (χ4n) is 5.13. The molecule has 2 heterocycles. The number of rotatable bonds is 1. The SMILES string of the molecule is Cc1ccc2c(c1)c1c3ccccc3c3sc4ccccc4c3c1n2-c1ccccc1. The Morgan fingerprint density at radius 3 is 2.16 bits per heavy atom. The molecule has 1 nitrogen and oxygen atoms in total. The summed E-state index contributed by atoms with van der Waals surface area (Å²) in [6, 6.07) is 35.4. The van der Waals surface area contributed by atoms with Crippen LogP contribution in [0.1, 0.15) is 5.56 Å². The van der Waals surface area contributed by atoms with Crippen molar-refractivity contribution in [3.05, 3.63) is 103 Å². The molecule has 0 radical (unpaired) electrons. The van der Waals surface area contributed by atoms with Crippen molar-refractivity contribution in [3.8, 4) is 5.69 Å². The summed E-state index contributed by atoms with van der Waals surface area (Å²) in [6.07, 6.45) is 0. The van der Waals surface area contributed by atoms with Gasteiger partial charge >= 0.3 is 0 Å². The summed E-state index contributed by atoms with van der Waals surface area (Å²) in [5.74, 6) is 0. The molecule has 0 unspecified atom stereocenters. The Balaban J connectivity index is 1.91. The summed E-state index contributed by atoms with van der Waals surface area (Å²) in [6.45, 7) is 2.19. The van der Waals surface area contributed by atoms with Crippen LogP contribution in [0.4, 0.5) is 0 Å². The zero-order chi connectivity index (χ0) is 20.5. The lowest BCUT2D eigenvalue weighted by Gasteiger charge is -2.10. The van der Waals surface area contributed by atoms with E-state index >= 15 is 0 Å². The molecule has 0 saturated heterocycles. The summed E-state index contributed by atoms with van der Waals surface area (Å²) < 4.78 is 5.19. The number of aromatic nitrogens is 1. The molecule has 146 valence electrons. The summed E-state index contributed by atoms with van der Waals surface area (Å²) >= 11 is 1.91. The summed E-state index contributed by atoms with van der Waals surface area (Å²) in [4.78, 5) is 0. The minimum absolute atomic E-state index is 1.21. The summed E-state index contributed by atoms with van der Waals surface area (Å²) in [5, 5.41) is 8.07. The van der Waals surface area contributed by atoms with Crippen LogP contribution in [0.3, 0.4) is 0 Å². The third kappa shape index (κ3) is 2.26. The fraction of sp³-hybridized carbons (Fsp3) is 0.0345. The molecule has 0 saturated carbocycles. The highest BCUT2D eigenvalue weighted by molar-refractivity contribution is 7.27. The van der Waals surface area contributed by atoms with Crippen LogP contribution in [0.5, 0.6) is 0 Å². The second-order valence-electron chi connectivity index (χ2n) is 8.26. The minimum atomic E-state index is 1.21. The minimum Gasteiger partial charge on any atom is -0.309 e.